The van der Waals surface area contributed by atoms with E-state index in [-0.39, 0.29) is 0 Å². The molecule has 0 radical (unpaired) electrons. The highest BCUT2D eigenvalue weighted by molar-refractivity contribution is 5.05. The van der Waals surface area contributed by atoms with E-state index in [1.165, 1.54) is 83.7 Å². The Morgan fingerprint density at radius 3 is 2.25 bits per heavy atom. The molecular formula is C18H34N2. The van der Waals surface area contributed by atoms with Crippen LogP contribution in [0.2, 0.25) is 0 Å². The standard InChI is InChI=1S/C18H34N2/c1-2-19-17(15-16-9-3-4-10-16)18(11-5-6-12-18)20-13-7-8-14-20/h16-17,19H,2-15H2,1H3. The topological polar surface area (TPSA) is 15.3 Å². The molecule has 1 unspecified atom stereocenters. The SMILES string of the molecule is CCNC(CC1CCCC1)C1(N2CCCC2)CCCC1. The number of likely N-dealkylation sites (N-methyl/N-ethyl adjacent to an activating group) is 1. The third kappa shape index (κ3) is 2.92. The Labute approximate surface area is 125 Å². The molecule has 3 rings (SSSR count). The summed E-state index contributed by atoms with van der Waals surface area (Å²) in [4.78, 5) is 2.89. The minimum Gasteiger partial charge on any atom is -0.312 e. The number of hydrogen-bond donors (Lipinski definition) is 1. The van der Waals surface area contributed by atoms with Gasteiger partial charge in [-0.1, -0.05) is 45.4 Å². The van der Waals surface area contributed by atoms with Gasteiger partial charge in [-0.2, -0.15) is 0 Å². The second-order valence-electron chi connectivity index (χ2n) is 7.50. The summed E-state index contributed by atoms with van der Waals surface area (Å²) in [5.74, 6) is 1.01. The van der Waals surface area contributed by atoms with Gasteiger partial charge in [0.25, 0.3) is 0 Å². The Kier molecular flexibility index (Phi) is 5.04. The second kappa shape index (κ2) is 6.79. The first-order chi connectivity index (χ1) is 9.85. The third-order valence-corrected chi connectivity index (χ3v) is 6.35. The van der Waals surface area contributed by atoms with Crippen molar-refractivity contribution in [3.63, 3.8) is 0 Å². The lowest BCUT2D eigenvalue weighted by atomic mass is 9.80. The summed E-state index contributed by atoms with van der Waals surface area (Å²) in [6.07, 6.45) is 16.1. The van der Waals surface area contributed by atoms with Crippen LogP contribution in [0.25, 0.3) is 0 Å². The lowest BCUT2D eigenvalue weighted by molar-refractivity contribution is 0.0665. The van der Waals surface area contributed by atoms with Crippen LogP contribution in [0.4, 0.5) is 0 Å². The summed E-state index contributed by atoms with van der Waals surface area (Å²) in [5.41, 5.74) is 0.523. The molecule has 3 fully saturated rings. The zero-order chi connectivity index (χ0) is 13.8. The summed E-state index contributed by atoms with van der Waals surface area (Å²) in [5, 5.41) is 3.93. The predicted molar refractivity (Wildman–Crippen MR) is 86.0 cm³/mol. The molecule has 1 atom stereocenters. The predicted octanol–water partition coefficient (Wildman–Crippen LogP) is 3.95. The van der Waals surface area contributed by atoms with Crippen LogP contribution in [-0.2, 0) is 0 Å². The normalized spacial score (nSPS) is 29.2. The molecule has 0 aromatic rings. The molecule has 2 saturated carbocycles. The van der Waals surface area contributed by atoms with Crippen molar-refractivity contribution in [3.05, 3.63) is 0 Å². The van der Waals surface area contributed by atoms with Crippen LogP contribution in [0.3, 0.4) is 0 Å². The molecule has 20 heavy (non-hydrogen) atoms. The van der Waals surface area contributed by atoms with E-state index in [1.807, 2.05) is 0 Å². The van der Waals surface area contributed by atoms with E-state index in [0.29, 0.717) is 5.54 Å². The third-order valence-electron chi connectivity index (χ3n) is 6.35. The zero-order valence-corrected chi connectivity index (χ0v) is 13.5. The van der Waals surface area contributed by atoms with Gasteiger partial charge in [0, 0.05) is 11.6 Å². The van der Waals surface area contributed by atoms with Gasteiger partial charge in [0.1, 0.15) is 0 Å². The average Bonchev–Trinajstić information content (AvgIpc) is 3.20. The Hall–Kier alpha value is -0.0800. The van der Waals surface area contributed by atoms with Crippen LogP contribution >= 0.6 is 0 Å². The second-order valence-corrected chi connectivity index (χ2v) is 7.50. The smallest absolute Gasteiger partial charge is 0.0362 e. The highest BCUT2D eigenvalue weighted by Crippen LogP contribution is 2.43. The fourth-order valence-corrected chi connectivity index (χ4v) is 5.35. The van der Waals surface area contributed by atoms with E-state index in [0.717, 1.165) is 18.5 Å². The molecular weight excluding hydrogens is 244 g/mol. The molecule has 2 aliphatic carbocycles. The molecule has 0 bridgehead atoms. The Morgan fingerprint density at radius 1 is 1.00 bits per heavy atom. The maximum Gasteiger partial charge on any atom is 0.0362 e. The summed E-state index contributed by atoms with van der Waals surface area (Å²) >= 11 is 0. The molecule has 2 nitrogen and oxygen atoms in total. The van der Waals surface area contributed by atoms with Crippen molar-refractivity contribution in [2.24, 2.45) is 5.92 Å². The van der Waals surface area contributed by atoms with E-state index >= 15 is 0 Å². The summed E-state index contributed by atoms with van der Waals surface area (Å²) in [7, 11) is 0. The van der Waals surface area contributed by atoms with Crippen LogP contribution in [0.15, 0.2) is 0 Å². The highest BCUT2D eigenvalue weighted by Gasteiger charge is 2.46. The maximum atomic E-state index is 3.93. The van der Waals surface area contributed by atoms with Gasteiger partial charge in [-0.15, -0.1) is 0 Å². The van der Waals surface area contributed by atoms with Crippen LogP contribution < -0.4 is 5.32 Å². The molecule has 1 N–H and O–H groups in total. The average molecular weight is 278 g/mol. The van der Waals surface area contributed by atoms with Crippen molar-refractivity contribution >= 4 is 0 Å². The van der Waals surface area contributed by atoms with Crippen molar-refractivity contribution in [2.45, 2.75) is 89.1 Å². The molecule has 116 valence electrons. The van der Waals surface area contributed by atoms with Crippen LogP contribution in [-0.4, -0.2) is 36.1 Å². The van der Waals surface area contributed by atoms with Gasteiger partial charge in [-0.25, -0.2) is 0 Å². The van der Waals surface area contributed by atoms with E-state index in [9.17, 15) is 0 Å². The monoisotopic (exact) mass is 278 g/mol. The molecule has 3 aliphatic rings. The van der Waals surface area contributed by atoms with E-state index in [4.69, 9.17) is 0 Å². The minimum absolute atomic E-state index is 0.523. The van der Waals surface area contributed by atoms with Gasteiger partial charge >= 0.3 is 0 Å². The van der Waals surface area contributed by atoms with Gasteiger partial charge in [0.15, 0.2) is 0 Å². The number of hydrogen-bond acceptors (Lipinski definition) is 2. The quantitative estimate of drug-likeness (QED) is 0.791. The molecule has 1 heterocycles. The molecule has 2 heteroatoms. The van der Waals surface area contributed by atoms with E-state index < -0.39 is 0 Å². The molecule has 1 saturated heterocycles. The van der Waals surface area contributed by atoms with E-state index in [1.54, 1.807) is 0 Å². The van der Waals surface area contributed by atoms with Crippen molar-refractivity contribution in [1.82, 2.24) is 10.2 Å². The van der Waals surface area contributed by atoms with Crippen LogP contribution in [0, 0.1) is 5.92 Å². The fraction of sp³-hybridized carbons (Fsp3) is 1.00. The molecule has 0 aromatic carbocycles. The van der Waals surface area contributed by atoms with Crippen molar-refractivity contribution in [2.75, 3.05) is 19.6 Å². The first-order valence-corrected chi connectivity index (χ1v) is 9.33. The molecule has 0 amide bonds. The van der Waals surface area contributed by atoms with Crippen molar-refractivity contribution in [3.8, 4) is 0 Å². The van der Waals surface area contributed by atoms with Crippen molar-refractivity contribution in [1.29, 1.82) is 0 Å². The zero-order valence-electron chi connectivity index (χ0n) is 13.5. The largest absolute Gasteiger partial charge is 0.312 e. The van der Waals surface area contributed by atoms with Crippen molar-refractivity contribution < 1.29 is 0 Å². The summed E-state index contributed by atoms with van der Waals surface area (Å²) in [6, 6.07) is 0.760. The maximum absolute atomic E-state index is 3.93. The molecule has 0 aromatic heterocycles. The lowest BCUT2D eigenvalue weighted by Crippen LogP contribution is -2.59. The summed E-state index contributed by atoms with van der Waals surface area (Å²) in [6.45, 7) is 6.18. The first kappa shape index (κ1) is 14.8. The Bertz CT molecular complexity index is 284. The molecule has 0 spiro atoms. The Balaban J connectivity index is 1.73. The minimum atomic E-state index is 0.523. The first-order valence-electron chi connectivity index (χ1n) is 9.33. The molecule has 1 aliphatic heterocycles. The summed E-state index contributed by atoms with van der Waals surface area (Å²) < 4.78 is 0. The van der Waals surface area contributed by atoms with Gasteiger partial charge in [0.2, 0.25) is 0 Å². The van der Waals surface area contributed by atoms with Crippen LogP contribution in [0.5, 0.6) is 0 Å². The number of nitrogens with zero attached hydrogens (tertiary/aromatic N) is 1. The fourth-order valence-electron chi connectivity index (χ4n) is 5.35. The van der Waals surface area contributed by atoms with Gasteiger partial charge in [0.05, 0.1) is 0 Å². The van der Waals surface area contributed by atoms with Crippen LogP contribution in [0.1, 0.15) is 77.6 Å². The van der Waals surface area contributed by atoms with Gasteiger partial charge in [-0.3, -0.25) is 4.90 Å². The lowest BCUT2D eigenvalue weighted by Gasteiger charge is -2.46. The Morgan fingerprint density at radius 2 is 1.65 bits per heavy atom. The van der Waals surface area contributed by atoms with Gasteiger partial charge in [-0.05, 0) is 57.7 Å². The van der Waals surface area contributed by atoms with Gasteiger partial charge < -0.3 is 5.32 Å². The number of rotatable bonds is 6. The van der Waals surface area contributed by atoms with E-state index in [2.05, 4.69) is 17.1 Å². The number of likely N-dealkylation sites (tertiary alicyclic amines) is 1. The number of nitrogens with one attached hydrogen (secondary N) is 1. The highest BCUT2D eigenvalue weighted by atomic mass is 15.2.